The smallest absolute Gasteiger partial charge is 0.259 e. The number of rotatable bonds is 3. The molecule has 0 heterocycles. The molecule has 0 radical (unpaired) electrons. The number of aromatic hydroxyl groups is 1. The first kappa shape index (κ1) is 14.0. The predicted molar refractivity (Wildman–Crippen MR) is 78.3 cm³/mol. The Hall–Kier alpha value is -2.47. The Kier molecular flexibility index (Phi) is 3.95. The molecule has 20 heavy (non-hydrogen) atoms. The van der Waals surface area contributed by atoms with E-state index in [1.54, 1.807) is 24.3 Å². The molecule has 0 spiro atoms. The Morgan fingerprint density at radius 3 is 2.45 bits per heavy atom. The summed E-state index contributed by atoms with van der Waals surface area (Å²) in [6.07, 6.45) is 0. The number of halogens is 1. The van der Waals surface area contributed by atoms with Crippen LogP contribution in [-0.2, 0) is 0 Å². The third kappa shape index (κ3) is 3.10. The van der Waals surface area contributed by atoms with Gasteiger partial charge >= 0.3 is 0 Å². The molecule has 6 heteroatoms. The number of hydrogen-bond acceptors (Lipinski definition) is 3. The fraction of sp³-hybridized carbons (Fsp3) is 0. The molecular formula is C14H11FN2O2S. The van der Waals surface area contributed by atoms with Crippen molar-refractivity contribution in [2.75, 3.05) is 5.32 Å². The Balaban J connectivity index is 2.19. The van der Waals surface area contributed by atoms with Crippen molar-refractivity contribution >= 4 is 28.8 Å². The summed E-state index contributed by atoms with van der Waals surface area (Å²) in [5, 5.41) is 12.1. The average Bonchev–Trinajstić information content (AvgIpc) is 2.42. The van der Waals surface area contributed by atoms with Gasteiger partial charge in [0.2, 0.25) is 0 Å². The largest absolute Gasteiger partial charge is 0.507 e. The van der Waals surface area contributed by atoms with Crippen LogP contribution in [0.5, 0.6) is 5.75 Å². The Bertz CT molecular complexity index is 671. The third-order valence-corrected chi connectivity index (χ3v) is 2.87. The van der Waals surface area contributed by atoms with E-state index in [4.69, 9.17) is 18.0 Å². The van der Waals surface area contributed by atoms with Gasteiger partial charge in [-0.2, -0.15) is 0 Å². The van der Waals surface area contributed by atoms with Crippen LogP contribution in [0.3, 0.4) is 0 Å². The lowest BCUT2D eigenvalue weighted by Gasteiger charge is -2.07. The standard InChI is InChI=1S/C14H11FN2O2S/c15-9-3-6-12(18)11(7-9)14(19)17-10-4-1-8(2-5-10)13(16)20/h1-7,18H,(H2,16,20)(H,17,19). The molecule has 0 atom stereocenters. The highest BCUT2D eigenvalue weighted by Crippen LogP contribution is 2.19. The first-order valence-corrected chi connectivity index (χ1v) is 6.08. The molecule has 4 N–H and O–H groups in total. The molecular weight excluding hydrogens is 279 g/mol. The number of benzene rings is 2. The number of thiocarbonyl (C=S) groups is 1. The summed E-state index contributed by atoms with van der Waals surface area (Å²) in [6.45, 7) is 0. The van der Waals surface area contributed by atoms with Crippen LogP contribution < -0.4 is 11.1 Å². The molecule has 4 nitrogen and oxygen atoms in total. The van der Waals surface area contributed by atoms with Crippen LogP contribution in [0.1, 0.15) is 15.9 Å². The maximum absolute atomic E-state index is 13.1. The van der Waals surface area contributed by atoms with Crippen molar-refractivity contribution < 1.29 is 14.3 Å². The van der Waals surface area contributed by atoms with Crippen LogP contribution in [0.4, 0.5) is 10.1 Å². The van der Waals surface area contributed by atoms with Crippen molar-refractivity contribution in [2.45, 2.75) is 0 Å². The minimum Gasteiger partial charge on any atom is -0.507 e. The fourth-order valence-corrected chi connectivity index (χ4v) is 1.74. The number of phenolic OH excluding ortho intramolecular Hbond substituents is 1. The minimum atomic E-state index is -0.606. The van der Waals surface area contributed by atoms with Gasteiger partial charge in [-0.25, -0.2) is 4.39 Å². The summed E-state index contributed by atoms with van der Waals surface area (Å²) in [7, 11) is 0. The number of hydrogen-bond donors (Lipinski definition) is 3. The van der Waals surface area contributed by atoms with Crippen LogP contribution >= 0.6 is 12.2 Å². The zero-order chi connectivity index (χ0) is 14.7. The second-order valence-electron chi connectivity index (χ2n) is 4.06. The normalized spacial score (nSPS) is 10.1. The summed E-state index contributed by atoms with van der Waals surface area (Å²) in [6, 6.07) is 9.70. The first-order chi connectivity index (χ1) is 9.47. The van der Waals surface area contributed by atoms with Gasteiger partial charge < -0.3 is 16.2 Å². The van der Waals surface area contributed by atoms with Crippen LogP contribution in [0.15, 0.2) is 42.5 Å². The summed E-state index contributed by atoms with van der Waals surface area (Å²) >= 11 is 4.82. The van der Waals surface area contributed by atoms with Gasteiger partial charge in [0.1, 0.15) is 16.6 Å². The maximum atomic E-state index is 13.1. The summed E-state index contributed by atoms with van der Waals surface area (Å²) in [5.74, 6) is -1.49. The van der Waals surface area contributed by atoms with Gasteiger partial charge in [-0.05, 0) is 42.5 Å². The molecule has 0 saturated heterocycles. The zero-order valence-electron chi connectivity index (χ0n) is 10.3. The zero-order valence-corrected chi connectivity index (χ0v) is 11.1. The van der Waals surface area contributed by atoms with Crippen molar-refractivity contribution in [3.05, 3.63) is 59.4 Å². The summed E-state index contributed by atoms with van der Waals surface area (Å²) < 4.78 is 13.1. The molecule has 0 aromatic heterocycles. The van der Waals surface area contributed by atoms with Crippen molar-refractivity contribution in [1.29, 1.82) is 0 Å². The van der Waals surface area contributed by atoms with E-state index in [-0.39, 0.29) is 16.3 Å². The van der Waals surface area contributed by atoms with Crippen molar-refractivity contribution in [1.82, 2.24) is 0 Å². The van der Waals surface area contributed by atoms with E-state index in [1.165, 1.54) is 0 Å². The highest BCUT2D eigenvalue weighted by Gasteiger charge is 2.12. The predicted octanol–water partition coefficient (Wildman–Crippen LogP) is 2.42. The summed E-state index contributed by atoms with van der Waals surface area (Å²) in [4.78, 5) is 12.2. The molecule has 0 aliphatic heterocycles. The molecule has 102 valence electrons. The highest BCUT2D eigenvalue weighted by atomic mass is 32.1. The molecule has 2 aromatic carbocycles. The van der Waals surface area contributed by atoms with Crippen molar-refractivity contribution in [3.63, 3.8) is 0 Å². The van der Waals surface area contributed by atoms with E-state index in [0.717, 1.165) is 18.2 Å². The number of anilines is 1. The van der Waals surface area contributed by atoms with E-state index in [2.05, 4.69) is 5.32 Å². The molecule has 0 fully saturated rings. The Morgan fingerprint density at radius 1 is 1.20 bits per heavy atom. The number of carbonyl (C=O) groups excluding carboxylic acids is 1. The van der Waals surface area contributed by atoms with Crippen molar-refractivity contribution in [2.24, 2.45) is 5.73 Å². The van der Waals surface area contributed by atoms with E-state index < -0.39 is 11.7 Å². The second kappa shape index (κ2) is 5.66. The SMILES string of the molecule is NC(=S)c1ccc(NC(=O)c2cc(F)ccc2O)cc1. The molecule has 0 bridgehead atoms. The Morgan fingerprint density at radius 2 is 1.85 bits per heavy atom. The average molecular weight is 290 g/mol. The third-order valence-electron chi connectivity index (χ3n) is 2.63. The van der Waals surface area contributed by atoms with Gasteiger partial charge in [-0.1, -0.05) is 12.2 Å². The van der Waals surface area contributed by atoms with Gasteiger partial charge in [0.25, 0.3) is 5.91 Å². The molecule has 0 saturated carbocycles. The van der Waals surface area contributed by atoms with E-state index in [9.17, 15) is 14.3 Å². The van der Waals surface area contributed by atoms with Gasteiger partial charge in [-0.15, -0.1) is 0 Å². The van der Waals surface area contributed by atoms with Crippen LogP contribution in [0.25, 0.3) is 0 Å². The number of carbonyl (C=O) groups is 1. The topological polar surface area (TPSA) is 75.3 Å². The second-order valence-corrected chi connectivity index (χ2v) is 4.50. The highest BCUT2D eigenvalue weighted by molar-refractivity contribution is 7.80. The quantitative estimate of drug-likeness (QED) is 0.759. The molecule has 2 rings (SSSR count). The Labute approximate surface area is 120 Å². The molecule has 0 unspecified atom stereocenters. The van der Waals surface area contributed by atoms with Gasteiger partial charge in [-0.3, -0.25) is 4.79 Å². The van der Waals surface area contributed by atoms with E-state index in [1.807, 2.05) is 0 Å². The number of amides is 1. The lowest BCUT2D eigenvalue weighted by atomic mass is 10.1. The first-order valence-electron chi connectivity index (χ1n) is 5.67. The number of phenols is 1. The molecule has 2 aromatic rings. The van der Waals surface area contributed by atoms with Crippen LogP contribution in [-0.4, -0.2) is 16.0 Å². The molecule has 0 aliphatic rings. The summed E-state index contributed by atoms with van der Waals surface area (Å²) in [5.41, 5.74) is 6.48. The van der Waals surface area contributed by atoms with E-state index in [0.29, 0.717) is 11.3 Å². The molecule has 1 amide bonds. The van der Waals surface area contributed by atoms with Crippen LogP contribution in [0, 0.1) is 5.82 Å². The van der Waals surface area contributed by atoms with Crippen molar-refractivity contribution in [3.8, 4) is 5.75 Å². The van der Waals surface area contributed by atoms with Gasteiger partial charge in [0, 0.05) is 11.3 Å². The lowest BCUT2D eigenvalue weighted by molar-refractivity contribution is 0.102. The molecule has 0 aliphatic carbocycles. The fourth-order valence-electron chi connectivity index (χ4n) is 1.61. The monoisotopic (exact) mass is 290 g/mol. The number of nitrogens with two attached hydrogens (primary N) is 1. The van der Waals surface area contributed by atoms with E-state index >= 15 is 0 Å². The lowest BCUT2D eigenvalue weighted by Crippen LogP contribution is -2.13. The minimum absolute atomic E-state index is 0.136. The van der Waals surface area contributed by atoms with Gasteiger partial charge in [0.15, 0.2) is 0 Å². The number of nitrogens with one attached hydrogen (secondary N) is 1. The van der Waals surface area contributed by atoms with Gasteiger partial charge in [0.05, 0.1) is 5.56 Å². The maximum Gasteiger partial charge on any atom is 0.259 e. The van der Waals surface area contributed by atoms with Crippen LogP contribution in [0.2, 0.25) is 0 Å².